The third-order valence-corrected chi connectivity index (χ3v) is 3.58. The van der Waals surface area contributed by atoms with Gasteiger partial charge in [-0.25, -0.2) is 8.78 Å². The van der Waals surface area contributed by atoms with Gasteiger partial charge in [0.05, 0.1) is 11.7 Å². The summed E-state index contributed by atoms with van der Waals surface area (Å²) < 4.78 is 27.4. The van der Waals surface area contributed by atoms with Gasteiger partial charge in [-0.05, 0) is 34.5 Å². The number of hydrogen-bond donors (Lipinski definition) is 1. The average Bonchev–Trinajstić information content (AvgIpc) is 2.68. The van der Waals surface area contributed by atoms with E-state index in [1.165, 1.54) is 11.3 Å². The molecule has 0 fully saturated rings. The molecule has 1 aromatic heterocycles. The van der Waals surface area contributed by atoms with Gasteiger partial charge in [0.1, 0.15) is 11.6 Å². The van der Waals surface area contributed by atoms with E-state index >= 15 is 0 Å². The van der Waals surface area contributed by atoms with Gasteiger partial charge in [-0.15, -0.1) is 0 Å². The van der Waals surface area contributed by atoms with Gasteiger partial charge in [-0.2, -0.15) is 11.3 Å². The van der Waals surface area contributed by atoms with Crippen molar-refractivity contribution >= 4 is 27.3 Å². The maximum absolute atomic E-state index is 13.6. The van der Waals surface area contributed by atoms with Crippen LogP contribution in [-0.4, -0.2) is 5.11 Å². The molecule has 5 heteroatoms. The minimum absolute atomic E-state index is 0.207. The highest BCUT2D eigenvalue weighted by Crippen LogP contribution is 2.27. The summed E-state index contributed by atoms with van der Waals surface area (Å²) in [6, 6.07) is 4.12. The molecule has 1 heterocycles. The maximum Gasteiger partial charge on any atom is 0.133 e. The normalized spacial score (nSPS) is 12.7. The van der Waals surface area contributed by atoms with Crippen LogP contribution in [-0.2, 0) is 6.42 Å². The zero-order chi connectivity index (χ0) is 12.4. The van der Waals surface area contributed by atoms with Crippen LogP contribution in [0.15, 0.2) is 33.4 Å². The van der Waals surface area contributed by atoms with Crippen LogP contribution in [0, 0.1) is 11.6 Å². The third-order valence-electron chi connectivity index (χ3n) is 2.39. The lowest BCUT2D eigenvalue weighted by molar-refractivity contribution is 0.168. The van der Waals surface area contributed by atoms with Gasteiger partial charge in [-0.3, -0.25) is 0 Å². The first kappa shape index (κ1) is 12.7. The molecule has 1 N–H and O–H groups in total. The van der Waals surface area contributed by atoms with Crippen LogP contribution in [0.4, 0.5) is 8.78 Å². The van der Waals surface area contributed by atoms with E-state index in [1.54, 1.807) is 0 Å². The molecule has 0 aliphatic heterocycles. The zero-order valence-corrected chi connectivity index (χ0v) is 11.1. The number of aliphatic hydroxyl groups is 1. The molecule has 1 atom stereocenters. The van der Waals surface area contributed by atoms with E-state index in [4.69, 9.17) is 0 Å². The number of benzene rings is 1. The lowest BCUT2D eigenvalue weighted by Gasteiger charge is -2.12. The van der Waals surface area contributed by atoms with Gasteiger partial charge in [0, 0.05) is 10.9 Å². The van der Waals surface area contributed by atoms with Crippen LogP contribution >= 0.6 is 27.3 Å². The van der Waals surface area contributed by atoms with Crippen molar-refractivity contribution in [1.82, 2.24) is 0 Å². The molecule has 1 nitrogen and oxygen atoms in total. The summed E-state index contributed by atoms with van der Waals surface area (Å²) >= 11 is 4.48. The minimum atomic E-state index is -1.17. The molecule has 0 radical (unpaired) electrons. The predicted octanol–water partition coefficient (Wildman–Crippen LogP) is 4.06. The Hall–Kier alpha value is -0.780. The SMILES string of the molecule is OC(Cc1ccsc1)c1c(F)cc(Br)cc1F. The van der Waals surface area contributed by atoms with Crippen LogP contribution in [0.5, 0.6) is 0 Å². The number of rotatable bonds is 3. The molecule has 0 saturated carbocycles. The lowest BCUT2D eigenvalue weighted by atomic mass is 10.0. The Kier molecular flexibility index (Phi) is 3.91. The smallest absolute Gasteiger partial charge is 0.133 e. The van der Waals surface area contributed by atoms with E-state index in [1.807, 2.05) is 16.8 Å². The largest absolute Gasteiger partial charge is 0.388 e. The average molecular weight is 319 g/mol. The molecule has 1 unspecified atom stereocenters. The highest BCUT2D eigenvalue weighted by atomic mass is 79.9. The monoisotopic (exact) mass is 318 g/mol. The quantitative estimate of drug-likeness (QED) is 0.904. The van der Waals surface area contributed by atoms with E-state index in [0.29, 0.717) is 4.47 Å². The summed E-state index contributed by atoms with van der Waals surface area (Å²) in [4.78, 5) is 0. The van der Waals surface area contributed by atoms with Crippen LogP contribution in [0.1, 0.15) is 17.2 Å². The van der Waals surface area contributed by atoms with E-state index in [9.17, 15) is 13.9 Å². The van der Waals surface area contributed by atoms with Gasteiger partial charge in [0.15, 0.2) is 0 Å². The first-order chi connectivity index (χ1) is 8.08. The van der Waals surface area contributed by atoms with E-state index in [2.05, 4.69) is 15.9 Å². The number of thiophene rings is 1. The van der Waals surface area contributed by atoms with Crippen molar-refractivity contribution in [2.75, 3.05) is 0 Å². The summed E-state index contributed by atoms with van der Waals surface area (Å²) in [6.45, 7) is 0. The summed E-state index contributed by atoms with van der Waals surface area (Å²) in [5.41, 5.74) is 0.587. The molecule has 90 valence electrons. The Balaban J connectivity index is 2.27. The Morgan fingerprint density at radius 3 is 2.47 bits per heavy atom. The van der Waals surface area contributed by atoms with Crippen LogP contribution in [0.3, 0.4) is 0 Å². The molecule has 17 heavy (non-hydrogen) atoms. The zero-order valence-electron chi connectivity index (χ0n) is 8.66. The minimum Gasteiger partial charge on any atom is -0.388 e. The molecule has 2 rings (SSSR count). The molecule has 0 aliphatic carbocycles. The Bertz CT molecular complexity index is 490. The van der Waals surface area contributed by atoms with Gasteiger partial charge in [0.25, 0.3) is 0 Å². The first-order valence-electron chi connectivity index (χ1n) is 4.91. The van der Waals surface area contributed by atoms with E-state index in [0.717, 1.165) is 17.7 Å². The highest BCUT2D eigenvalue weighted by Gasteiger charge is 2.19. The van der Waals surface area contributed by atoms with Crippen molar-refractivity contribution in [3.05, 3.63) is 56.2 Å². The number of hydrogen-bond acceptors (Lipinski definition) is 2. The van der Waals surface area contributed by atoms with Crippen molar-refractivity contribution in [1.29, 1.82) is 0 Å². The summed E-state index contributed by atoms with van der Waals surface area (Å²) in [5, 5.41) is 13.6. The van der Waals surface area contributed by atoms with Crippen LogP contribution in [0.2, 0.25) is 0 Å². The number of halogens is 3. The van der Waals surface area contributed by atoms with E-state index in [-0.39, 0.29) is 12.0 Å². The fourth-order valence-corrected chi connectivity index (χ4v) is 2.69. The second kappa shape index (κ2) is 5.25. The van der Waals surface area contributed by atoms with Crippen LogP contribution < -0.4 is 0 Å². The Labute approximate surface area is 110 Å². The van der Waals surface area contributed by atoms with Crippen molar-refractivity contribution < 1.29 is 13.9 Å². The third kappa shape index (κ3) is 2.91. The first-order valence-corrected chi connectivity index (χ1v) is 6.65. The molecule has 2 aromatic rings. The van der Waals surface area contributed by atoms with Crippen molar-refractivity contribution in [3.63, 3.8) is 0 Å². The van der Waals surface area contributed by atoms with Gasteiger partial charge in [0.2, 0.25) is 0 Å². The van der Waals surface area contributed by atoms with Crippen molar-refractivity contribution in [3.8, 4) is 0 Å². The van der Waals surface area contributed by atoms with Crippen molar-refractivity contribution in [2.24, 2.45) is 0 Å². The van der Waals surface area contributed by atoms with Crippen molar-refractivity contribution in [2.45, 2.75) is 12.5 Å². The second-order valence-corrected chi connectivity index (χ2v) is 5.33. The molecular weight excluding hydrogens is 310 g/mol. The summed E-state index contributed by atoms with van der Waals surface area (Å²) in [6.07, 6.45) is -0.961. The lowest BCUT2D eigenvalue weighted by Crippen LogP contribution is -2.07. The second-order valence-electron chi connectivity index (χ2n) is 3.63. The molecule has 0 saturated heterocycles. The maximum atomic E-state index is 13.6. The molecular formula is C12H9BrF2OS. The standard InChI is InChI=1S/C12H9BrF2OS/c13-8-4-9(14)12(10(15)5-8)11(16)3-7-1-2-17-6-7/h1-2,4-6,11,16H,3H2. The predicted molar refractivity (Wildman–Crippen MR) is 67.0 cm³/mol. The molecule has 1 aromatic carbocycles. The fraction of sp³-hybridized carbons (Fsp3) is 0.167. The summed E-state index contributed by atoms with van der Waals surface area (Å²) in [5.74, 6) is -1.47. The topological polar surface area (TPSA) is 20.2 Å². The molecule has 0 spiro atoms. The van der Waals surface area contributed by atoms with E-state index < -0.39 is 17.7 Å². The Morgan fingerprint density at radius 2 is 1.94 bits per heavy atom. The van der Waals surface area contributed by atoms with Crippen LogP contribution in [0.25, 0.3) is 0 Å². The molecule has 0 bridgehead atoms. The van der Waals surface area contributed by atoms with Gasteiger partial charge < -0.3 is 5.11 Å². The number of aliphatic hydroxyl groups excluding tert-OH is 1. The van der Waals surface area contributed by atoms with Gasteiger partial charge in [-0.1, -0.05) is 15.9 Å². The summed E-state index contributed by atoms with van der Waals surface area (Å²) in [7, 11) is 0. The fourth-order valence-electron chi connectivity index (χ4n) is 1.61. The molecule has 0 aliphatic rings. The van der Waals surface area contributed by atoms with Gasteiger partial charge >= 0.3 is 0 Å². The highest BCUT2D eigenvalue weighted by molar-refractivity contribution is 9.10. The molecule has 0 amide bonds. The Morgan fingerprint density at radius 1 is 1.29 bits per heavy atom.